The molecule has 0 radical (unpaired) electrons. The highest BCUT2D eigenvalue weighted by molar-refractivity contribution is 9.10. The molecule has 0 bridgehead atoms. The van der Waals surface area contributed by atoms with Gasteiger partial charge >= 0.3 is 0 Å². The molecule has 86 valence electrons. The van der Waals surface area contributed by atoms with Gasteiger partial charge in [0.1, 0.15) is 5.75 Å². The first kappa shape index (κ1) is 10.6. The van der Waals surface area contributed by atoms with Gasteiger partial charge in [-0.2, -0.15) is 0 Å². The van der Waals surface area contributed by atoms with Crippen LogP contribution in [0.1, 0.15) is 48.5 Å². The van der Waals surface area contributed by atoms with Gasteiger partial charge in [0.05, 0.1) is 12.7 Å². The van der Waals surface area contributed by atoms with Crippen molar-refractivity contribution in [1.82, 2.24) is 0 Å². The Bertz CT molecular complexity index is 442. The molecule has 16 heavy (non-hydrogen) atoms. The molecule has 3 rings (SSSR count). The summed E-state index contributed by atoms with van der Waals surface area (Å²) in [5, 5.41) is 10.1. The van der Waals surface area contributed by atoms with Crippen molar-refractivity contribution in [1.29, 1.82) is 0 Å². The molecule has 1 aliphatic heterocycles. The number of aliphatic hydroxyl groups is 1. The van der Waals surface area contributed by atoms with Crippen molar-refractivity contribution in [3.63, 3.8) is 0 Å². The van der Waals surface area contributed by atoms with Crippen LogP contribution in [-0.2, 0) is 6.42 Å². The van der Waals surface area contributed by atoms with Gasteiger partial charge in [0, 0.05) is 22.0 Å². The van der Waals surface area contributed by atoms with Crippen LogP contribution in [0.5, 0.6) is 5.75 Å². The number of fused-ring (bicyclic) bond motifs is 3. The Morgan fingerprint density at radius 1 is 1.38 bits per heavy atom. The highest BCUT2D eigenvalue weighted by Crippen LogP contribution is 2.48. The van der Waals surface area contributed by atoms with Crippen LogP contribution in [0.2, 0.25) is 0 Å². The van der Waals surface area contributed by atoms with E-state index < -0.39 is 0 Å². The van der Waals surface area contributed by atoms with Crippen LogP contribution in [0.25, 0.3) is 0 Å². The van der Waals surface area contributed by atoms with E-state index in [1.54, 1.807) is 0 Å². The van der Waals surface area contributed by atoms with Gasteiger partial charge in [0.15, 0.2) is 0 Å². The van der Waals surface area contributed by atoms with Crippen molar-refractivity contribution < 1.29 is 9.84 Å². The normalized spacial score (nSPS) is 27.2. The maximum Gasteiger partial charge on any atom is 0.126 e. The topological polar surface area (TPSA) is 29.5 Å². The van der Waals surface area contributed by atoms with Crippen LogP contribution in [0.15, 0.2) is 10.5 Å². The van der Waals surface area contributed by atoms with Gasteiger partial charge in [-0.15, -0.1) is 0 Å². The maximum atomic E-state index is 10.1. The fourth-order valence-electron chi connectivity index (χ4n) is 2.86. The summed E-state index contributed by atoms with van der Waals surface area (Å²) in [6.45, 7) is 3.00. The summed E-state index contributed by atoms with van der Waals surface area (Å²) in [4.78, 5) is 0. The van der Waals surface area contributed by atoms with Crippen LogP contribution in [-0.4, -0.2) is 11.7 Å². The molecule has 0 fully saturated rings. The average molecular weight is 283 g/mol. The van der Waals surface area contributed by atoms with Gasteiger partial charge in [0.25, 0.3) is 0 Å². The number of rotatable bonds is 0. The van der Waals surface area contributed by atoms with Crippen molar-refractivity contribution in [2.45, 2.75) is 38.2 Å². The summed E-state index contributed by atoms with van der Waals surface area (Å²) in [5.74, 6) is 1.53. The molecular formula is C13H15BrO2. The standard InChI is InChI=1S/C13H15BrO2/c1-7-2-3-10(15)12-9(14)6-8-4-5-16-13(8)11(7)12/h6-7,10,15H,2-5H2,1H3/t7?,10-/m0/s1. The Labute approximate surface area is 104 Å². The van der Waals surface area contributed by atoms with Crippen molar-refractivity contribution in [3.8, 4) is 5.75 Å². The molecule has 1 heterocycles. The van der Waals surface area contributed by atoms with Crippen LogP contribution in [0, 0.1) is 0 Å². The van der Waals surface area contributed by atoms with Gasteiger partial charge in [-0.1, -0.05) is 22.9 Å². The minimum absolute atomic E-state index is 0.338. The first-order valence-corrected chi connectivity index (χ1v) is 6.64. The number of ether oxygens (including phenoxy) is 1. The van der Waals surface area contributed by atoms with Gasteiger partial charge in [0.2, 0.25) is 0 Å². The second-order valence-corrected chi connectivity index (χ2v) is 5.62. The Hall–Kier alpha value is -0.540. The molecule has 0 saturated heterocycles. The molecule has 2 atom stereocenters. The molecule has 0 spiro atoms. The van der Waals surface area contributed by atoms with Crippen molar-refractivity contribution in [2.75, 3.05) is 6.61 Å². The Morgan fingerprint density at radius 2 is 2.19 bits per heavy atom. The van der Waals surface area contributed by atoms with E-state index in [0.29, 0.717) is 5.92 Å². The molecule has 1 aromatic rings. The van der Waals surface area contributed by atoms with E-state index in [4.69, 9.17) is 4.74 Å². The lowest BCUT2D eigenvalue weighted by molar-refractivity contribution is 0.149. The molecule has 1 aromatic carbocycles. The largest absolute Gasteiger partial charge is 0.493 e. The molecule has 1 N–H and O–H groups in total. The molecule has 3 heteroatoms. The number of halogens is 1. The minimum Gasteiger partial charge on any atom is -0.493 e. The minimum atomic E-state index is -0.338. The molecule has 1 unspecified atom stereocenters. The molecule has 2 nitrogen and oxygen atoms in total. The zero-order valence-electron chi connectivity index (χ0n) is 9.29. The summed E-state index contributed by atoms with van der Waals surface area (Å²) in [5.41, 5.74) is 3.58. The number of aliphatic hydroxyl groups excluding tert-OH is 1. The van der Waals surface area contributed by atoms with E-state index in [1.165, 1.54) is 11.1 Å². The summed E-state index contributed by atoms with van der Waals surface area (Å²) < 4.78 is 6.79. The Morgan fingerprint density at radius 3 is 3.00 bits per heavy atom. The van der Waals surface area contributed by atoms with Crippen molar-refractivity contribution in [2.24, 2.45) is 0 Å². The van der Waals surface area contributed by atoms with E-state index in [-0.39, 0.29) is 6.10 Å². The predicted molar refractivity (Wildman–Crippen MR) is 65.9 cm³/mol. The van der Waals surface area contributed by atoms with Gasteiger partial charge in [-0.3, -0.25) is 0 Å². The highest BCUT2D eigenvalue weighted by Gasteiger charge is 2.31. The van der Waals surface area contributed by atoms with E-state index in [1.807, 2.05) is 0 Å². The number of hydrogen-bond donors (Lipinski definition) is 1. The lowest BCUT2D eigenvalue weighted by Gasteiger charge is -2.29. The van der Waals surface area contributed by atoms with E-state index in [9.17, 15) is 5.11 Å². The van der Waals surface area contributed by atoms with E-state index >= 15 is 0 Å². The predicted octanol–water partition coefficient (Wildman–Crippen LogP) is 3.31. The average Bonchev–Trinajstić information content (AvgIpc) is 2.70. The van der Waals surface area contributed by atoms with Crippen LogP contribution in [0.4, 0.5) is 0 Å². The SMILES string of the molecule is CC1CC[C@H](O)c2c(Br)cc3c(c21)OCC3. The third-order valence-electron chi connectivity index (χ3n) is 3.70. The van der Waals surface area contributed by atoms with Gasteiger partial charge in [-0.05, 0) is 30.4 Å². The summed E-state index contributed by atoms with van der Waals surface area (Å²) in [7, 11) is 0. The van der Waals surface area contributed by atoms with Gasteiger partial charge in [-0.25, -0.2) is 0 Å². The molecule has 0 amide bonds. The quantitative estimate of drug-likeness (QED) is 0.791. The fraction of sp³-hybridized carbons (Fsp3) is 0.538. The third kappa shape index (κ3) is 1.41. The fourth-order valence-corrected chi connectivity index (χ4v) is 3.62. The Kier molecular flexibility index (Phi) is 2.48. The first-order valence-electron chi connectivity index (χ1n) is 5.84. The van der Waals surface area contributed by atoms with Crippen LogP contribution < -0.4 is 4.74 Å². The lowest BCUT2D eigenvalue weighted by atomic mass is 9.81. The third-order valence-corrected chi connectivity index (χ3v) is 4.36. The van der Waals surface area contributed by atoms with Crippen molar-refractivity contribution in [3.05, 3.63) is 27.2 Å². The molecular weight excluding hydrogens is 268 g/mol. The van der Waals surface area contributed by atoms with Gasteiger partial charge < -0.3 is 9.84 Å². The summed E-state index contributed by atoms with van der Waals surface area (Å²) in [6.07, 6.45) is 2.55. The lowest BCUT2D eigenvalue weighted by Crippen LogP contribution is -2.14. The Balaban J connectivity index is 2.27. The number of hydrogen-bond acceptors (Lipinski definition) is 2. The maximum absolute atomic E-state index is 10.1. The molecule has 0 aromatic heterocycles. The second kappa shape index (κ2) is 3.74. The second-order valence-electron chi connectivity index (χ2n) is 4.77. The van der Waals surface area contributed by atoms with E-state index in [2.05, 4.69) is 28.9 Å². The monoisotopic (exact) mass is 282 g/mol. The van der Waals surface area contributed by atoms with E-state index in [0.717, 1.165) is 41.7 Å². The summed E-state index contributed by atoms with van der Waals surface area (Å²) in [6, 6.07) is 2.11. The highest BCUT2D eigenvalue weighted by atomic mass is 79.9. The smallest absolute Gasteiger partial charge is 0.126 e. The van der Waals surface area contributed by atoms with Crippen molar-refractivity contribution >= 4 is 15.9 Å². The number of benzene rings is 1. The van der Waals surface area contributed by atoms with Crippen LogP contribution in [0.3, 0.4) is 0 Å². The van der Waals surface area contributed by atoms with Crippen LogP contribution >= 0.6 is 15.9 Å². The first-order chi connectivity index (χ1) is 7.68. The molecule has 1 aliphatic carbocycles. The molecule has 2 aliphatic rings. The molecule has 0 saturated carbocycles. The zero-order chi connectivity index (χ0) is 11.3. The summed E-state index contributed by atoms with van der Waals surface area (Å²) >= 11 is 3.59. The zero-order valence-corrected chi connectivity index (χ0v) is 10.9.